The summed E-state index contributed by atoms with van der Waals surface area (Å²) in [5, 5.41) is 0. The average molecular weight is 432 g/mol. The van der Waals surface area contributed by atoms with E-state index in [-0.39, 0.29) is 11.3 Å². The molecule has 1 aliphatic heterocycles. The SMILES string of the molecule is COc1ccc2c(c1)C(C)(C)c1ccccc1C2=C1CCN(CCCC(=O)C(C)C)CC1. The van der Waals surface area contributed by atoms with Crippen molar-refractivity contribution in [2.75, 3.05) is 26.7 Å². The Morgan fingerprint density at radius 1 is 1.03 bits per heavy atom. The van der Waals surface area contributed by atoms with Crippen molar-refractivity contribution < 1.29 is 9.53 Å². The fourth-order valence-corrected chi connectivity index (χ4v) is 5.36. The number of hydrogen-bond donors (Lipinski definition) is 0. The molecule has 0 N–H and O–H groups in total. The topological polar surface area (TPSA) is 29.5 Å². The molecule has 1 saturated heterocycles. The van der Waals surface area contributed by atoms with Crippen LogP contribution in [0.5, 0.6) is 5.75 Å². The predicted molar refractivity (Wildman–Crippen MR) is 132 cm³/mol. The van der Waals surface area contributed by atoms with Gasteiger partial charge in [0, 0.05) is 30.8 Å². The lowest BCUT2D eigenvalue weighted by Crippen LogP contribution is -2.33. The maximum absolute atomic E-state index is 11.9. The fourth-order valence-electron chi connectivity index (χ4n) is 5.36. The molecule has 1 heterocycles. The summed E-state index contributed by atoms with van der Waals surface area (Å²) >= 11 is 0. The van der Waals surface area contributed by atoms with Crippen molar-refractivity contribution in [3.05, 3.63) is 70.3 Å². The second-order valence-electron chi connectivity index (χ2n) is 10.1. The number of carbonyl (C=O) groups is 1. The summed E-state index contributed by atoms with van der Waals surface area (Å²) < 4.78 is 5.58. The van der Waals surface area contributed by atoms with Gasteiger partial charge in [-0.1, -0.05) is 63.6 Å². The highest BCUT2D eigenvalue weighted by Gasteiger charge is 2.36. The lowest BCUT2D eigenvalue weighted by molar-refractivity contribution is -0.122. The first kappa shape index (κ1) is 22.8. The number of rotatable bonds is 6. The van der Waals surface area contributed by atoms with E-state index in [1.807, 2.05) is 13.8 Å². The third-order valence-corrected chi connectivity index (χ3v) is 7.39. The number of Topliss-reactive ketones (excluding diaryl/α,β-unsaturated/α-hetero) is 1. The Labute approximate surface area is 193 Å². The molecule has 2 aromatic carbocycles. The van der Waals surface area contributed by atoms with E-state index < -0.39 is 0 Å². The highest BCUT2D eigenvalue weighted by atomic mass is 16.5. The minimum absolute atomic E-state index is 0.0613. The number of carbonyl (C=O) groups excluding carboxylic acids is 1. The molecule has 1 aliphatic carbocycles. The van der Waals surface area contributed by atoms with Crippen LogP contribution in [0.4, 0.5) is 0 Å². The standard InChI is InChI=1S/C29H37NO2/c1-20(2)27(31)11-8-16-30-17-14-21(15-18-30)28-23-9-6-7-10-25(23)29(3,4)26-19-22(32-5)12-13-24(26)28/h6-7,9-10,12-13,19-20H,8,11,14-18H2,1-5H3. The van der Waals surface area contributed by atoms with E-state index >= 15 is 0 Å². The number of ketones is 1. The zero-order valence-electron chi connectivity index (χ0n) is 20.3. The zero-order valence-corrected chi connectivity index (χ0v) is 20.3. The second-order valence-corrected chi connectivity index (χ2v) is 10.1. The van der Waals surface area contributed by atoms with Crippen molar-refractivity contribution in [3.8, 4) is 5.75 Å². The van der Waals surface area contributed by atoms with Crippen molar-refractivity contribution in [2.45, 2.75) is 58.8 Å². The minimum Gasteiger partial charge on any atom is -0.497 e. The summed E-state index contributed by atoms with van der Waals surface area (Å²) in [5.41, 5.74) is 8.45. The molecular formula is C29H37NO2. The highest BCUT2D eigenvalue weighted by molar-refractivity contribution is 5.89. The van der Waals surface area contributed by atoms with Crippen molar-refractivity contribution in [1.82, 2.24) is 4.90 Å². The average Bonchev–Trinajstić information content (AvgIpc) is 2.80. The van der Waals surface area contributed by atoms with E-state index in [0.717, 1.165) is 44.6 Å². The van der Waals surface area contributed by atoms with Crippen LogP contribution in [0.25, 0.3) is 5.57 Å². The Bertz CT molecular complexity index is 1020. The molecule has 0 spiro atoms. The van der Waals surface area contributed by atoms with Crippen molar-refractivity contribution >= 4 is 11.4 Å². The number of benzene rings is 2. The number of ether oxygens (including phenoxy) is 1. The van der Waals surface area contributed by atoms with E-state index in [1.165, 1.54) is 27.8 Å². The Kier molecular flexibility index (Phi) is 6.57. The smallest absolute Gasteiger partial charge is 0.135 e. The third kappa shape index (κ3) is 4.28. The second kappa shape index (κ2) is 9.23. The molecule has 170 valence electrons. The molecule has 0 radical (unpaired) electrons. The van der Waals surface area contributed by atoms with E-state index in [4.69, 9.17) is 4.74 Å². The van der Waals surface area contributed by atoms with Gasteiger partial charge in [0.25, 0.3) is 0 Å². The van der Waals surface area contributed by atoms with Crippen LogP contribution in [0.3, 0.4) is 0 Å². The monoisotopic (exact) mass is 431 g/mol. The van der Waals surface area contributed by atoms with Gasteiger partial charge in [-0.05, 0) is 65.8 Å². The van der Waals surface area contributed by atoms with Gasteiger partial charge in [-0.2, -0.15) is 0 Å². The van der Waals surface area contributed by atoms with Crippen LogP contribution in [0.15, 0.2) is 48.0 Å². The highest BCUT2D eigenvalue weighted by Crippen LogP contribution is 2.49. The minimum atomic E-state index is -0.0613. The Balaban J connectivity index is 1.61. The van der Waals surface area contributed by atoms with E-state index in [9.17, 15) is 4.79 Å². The van der Waals surface area contributed by atoms with Crippen LogP contribution in [-0.2, 0) is 10.2 Å². The Morgan fingerprint density at radius 2 is 1.72 bits per heavy atom. The number of nitrogens with zero attached hydrogens (tertiary/aromatic N) is 1. The maximum atomic E-state index is 11.9. The summed E-state index contributed by atoms with van der Waals surface area (Å²) in [6, 6.07) is 15.5. The predicted octanol–water partition coefficient (Wildman–Crippen LogP) is 6.24. The molecule has 0 bridgehead atoms. The molecule has 0 aromatic heterocycles. The first-order chi connectivity index (χ1) is 15.3. The van der Waals surface area contributed by atoms with E-state index in [0.29, 0.717) is 12.2 Å². The van der Waals surface area contributed by atoms with Crippen LogP contribution >= 0.6 is 0 Å². The van der Waals surface area contributed by atoms with Crippen LogP contribution in [0, 0.1) is 5.92 Å². The molecule has 4 rings (SSSR count). The summed E-state index contributed by atoms with van der Waals surface area (Å²) in [7, 11) is 1.75. The van der Waals surface area contributed by atoms with Gasteiger partial charge >= 0.3 is 0 Å². The molecule has 0 atom stereocenters. The first-order valence-corrected chi connectivity index (χ1v) is 12.1. The van der Waals surface area contributed by atoms with Gasteiger partial charge in [-0.25, -0.2) is 0 Å². The largest absolute Gasteiger partial charge is 0.497 e. The van der Waals surface area contributed by atoms with Crippen molar-refractivity contribution in [3.63, 3.8) is 0 Å². The van der Waals surface area contributed by atoms with Gasteiger partial charge in [-0.15, -0.1) is 0 Å². The van der Waals surface area contributed by atoms with Crippen LogP contribution in [-0.4, -0.2) is 37.4 Å². The summed E-state index contributed by atoms with van der Waals surface area (Å²) in [4.78, 5) is 14.5. The molecular weight excluding hydrogens is 394 g/mol. The van der Waals surface area contributed by atoms with Crippen molar-refractivity contribution in [1.29, 1.82) is 0 Å². The Morgan fingerprint density at radius 3 is 2.41 bits per heavy atom. The Hall–Kier alpha value is -2.39. The van der Waals surface area contributed by atoms with E-state index in [2.05, 4.69) is 61.2 Å². The first-order valence-electron chi connectivity index (χ1n) is 12.1. The third-order valence-electron chi connectivity index (χ3n) is 7.39. The van der Waals surface area contributed by atoms with Gasteiger partial charge < -0.3 is 9.64 Å². The molecule has 0 unspecified atom stereocenters. The van der Waals surface area contributed by atoms with Crippen LogP contribution in [0.1, 0.15) is 75.6 Å². The van der Waals surface area contributed by atoms with E-state index in [1.54, 1.807) is 12.7 Å². The molecule has 32 heavy (non-hydrogen) atoms. The van der Waals surface area contributed by atoms with Crippen molar-refractivity contribution in [2.24, 2.45) is 5.92 Å². The fraction of sp³-hybridized carbons (Fsp3) is 0.483. The van der Waals surface area contributed by atoms with Gasteiger partial charge in [0.15, 0.2) is 0 Å². The zero-order chi connectivity index (χ0) is 22.9. The molecule has 0 saturated carbocycles. The molecule has 1 fully saturated rings. The number of piperidine rings is 1. The van der Waals surface area contributed by atoms with Crippen LogP contribution in [0.2, 0.25) is 0 Å². The quantitative estimate of drug-likeness (QED) is 0.542. The maximum Gasteiger partial charge on any atom is 0.135 e. The van der Waals surface area contributed by atoms with Gasteiger partial charge in [0.2, 0.25) is 0 Å². The van der Waals surface area contributed by atoms with Crippen LogP contribution < -0.4 is 4.74 Å². The van der Waals surface area contributed by atoms with Gasteiger partial charge in [0.05, 0.1) is 7.11 Å². The lowest BCUT2D eigenvalue weighted by atomic mass is 9.66. The number of methoxy groups -OCH3 is 1. The normalized spacial score (nSPS) is 17.8. The lowest BCUT2D eigenvalue weighted by Gasteiger charge is -2.39. The van der Waals surface area contributed by atoms with Gasteiger partial charge in [-0.3, -0.25) is 4.79 Å². The molecule has 2 aliphatic rings. The summed E-state index contributed by atoms with van der Waals surface area (Å²) in [6.07, 6.45) is 3.86. The van der Waals surface area contributed by atoms with Gasteiger partial charge in [0.1, 0.15) is 11.5 Å². The molecule has 0 amide bonds. The summed E-state index contributed by atoms with van der Waals surface area (Å²) in [6.45, 7) is 11.8. The number of hydrogen-bond acceptors (Lipinski definition) is 3. The number of likely N-dealkylation sites (tertiary alicyclic amines) is 1. The summed E-state index contributed by atoms with van der Waals surface area (Å²) in [5.74, 6) is 1.46. The molecule has 3 nitrogen and oxygen atoms in total. The number of fused-ring (bicyclic) bond motifs is 2. The molecule has 2 aromatic rings. The molecule has 3 heteroatoms.